The van der Waals surface area contributed by atoms with Gasteiger partial charge in [0.05, 0.1) is 6.42 Å². The molecule has 1 aromatic rings. The molecule has 0 bridgehead atoms. The van der Waals surface area contributed by atoms with Crippen LogP contribution in [0.25, 0.3) is 6.08 Å². The number of hydrogen-bond acceptors (Lipinski definition) is 4. The van der Waals surface area contributed by atoms with Gasteiger partial charge in [-0.1, -0.05) is 12.1 Å². The summed E-state index contributed by atoms with van der Waals surface area (Å²) in [6, 6.07) is 5.33. The van der Waals surface area contributed by atoms with Crippen LogP contribution in [-0.4, -0.2) is 23.7 Å². The Morgan fingerprint density at radius 2 is 2.00 bits per heavy atom. The number of ether oxygens (including phenoxy) is 2. The molecule has 0 saturated heterocycles. The lowest BCUT2D eigenvalue weighted by Gasteiger charge is -1.97. The fourth-order valence-electron chi connectivity index (χ4n) is 1.52. The lowest BCUT2D eigenvalue weighted by atomic mass is 10.1. The summed E-state index contributed by atoms with van der Waals surface area (Å²) in [4.78, 5) is 21.6. The molecule has 1 aromatic carbocycles. The van der Waals surface area contributed by atoms with Crippen LogP contribution in [-0.2, 0) is 9.59 Å². The van der Waals surface area contributed by atoms with E-state index in [9.17, 15) is 9.59 Å². The number of aliphatic carboxylic acids is 1. The number of fused-ring (bicyclic) bond motifs is 1. The quantitative estimate of drug-likeness (QED) is 0.805. The van der Waals surface area contributed by atoms with Crippen molar-refractivity contribution < 1.29 is 24.2 Å². The van der Waals surface area contributed by atoms with Gasteiger partial charge in [-0.25, -0.2) is 0 Å². The van der Waals surface area contributed by atoms with Crippen LogP contribution in [0.5, 0.6) is 11.5 Å². The molecule has 2 rings (SSSR count). The largest absolute Gasteiger partial charge is 0.481 e. The van der Waals surface area contributed by atoms with Crippen LogP contribution >= 0.6 is 0 Å². The second kappa shape index (κ2) is 5.35. The molecule has 0 amide bonds. The van der Waals surface area contributed by atoms with Gasteiger partial charge in [0.2, 0.25) is 6.79 Å². The highest BCUT2D eigenvalue weighted by atomic mass is 16.7. The van der Waals surface area contributed by atoms with Crippen molar-refractivity contribution in [2.24, 2.45) is 0 Å². The predicted octanol–water partition coefficient (Wildman–Crippen LogP) is 1.86. The molecule has 18 heavy (non-hydrogen) atoms. The first-order valence-corrected chi connectivity index (χ1v) is 5.47. The number of ketones is 1. The second-order valence-corrected chi connectivity index (χ2v) is 3.81. The van der Waals surface area contributed by atoms with Crippen LogP contribution in [0.3, 0.4) is 0 Å². The highest BCUT2D eigenvalue weighted by Gasteiger charge is 2.12. The van der Waals surface area contributed by atoms with Crippen molar-refractivity contribution in [1.29, 1.82) is 0 Å². The monoisotopic (exact) mass is 248 g/mol. The average Bonchev–Trinajstić information content (AvgIpc) is 2.81. The number of carbonyl (C=O) groups is 2. The molecule has 0 radical (unpaired) electrons. The van der Waals surface area contributed by atoms with Gasteiger partial charge < -0.3 is 14.6 Å². The van der Waals surface area contributed by atoms with Crippen molar-refractivity contribution in [3.05, 3.63) is 29.8 Å². The summed E-state index contributed by atoms with van der Waals surface area (Å²) in [5.41, 5.74) is 0.808. The molecule has 1 heterocycles. The van der Waals surface area contributed by atoms with E-state index in [-0.39, 0.29) is 25.4 Å². The van der Waals surface area contributed by atoms with E-state index in [1.807, 2.05) is 0 Å². The van der Waals surface area contributed by atoms with Crippen LogP contribution in [0.15, 0.2) is 24.3 Å². The SMILES string of the molecule is O=C(O)CCC(=O)C=Cc1ccc2c(c1)OCO2. The Bertz CT molecular complexity index is 504. The molecule has 5 nitrogen and oxygen atoms in total. The summed E-state index contributed by atoms with van der Waals surface area (Å²) in [5, 5.41) is 8.45. The smallest absolute Gasteiger partial charge is 0.303 e. The molecule has 5 heteroatoms. The number of carboxylic acids is 1. The molecule has 0 spiro atoms. The van der Waals surface area contributed by atoms with Gasteiger partial charge in [0.1, 0.15) is 0 Å². The van der Waals surface area contributed by atoms with E-state index < -0.39 is 5.97 Å². The van der Waals surface area contributed by atoms with Crippen molar-refractivity contribution in [2.45, 2.75) is 12.8 Å². The Balaban J connectivity index is 1.96. The summed E-state index contributed by atoms with van der Waals surface area (Å²) in [7, 11) is 0. The zero-order valence-corrected chi connectivity index (χ0v) is 9.59. The van der Waals surface area contributed by atoms with E-state index in [1.54, 1.807) is 24.3 Å². The van der Waals surface area contributed by atoms with E-state index in [2.05, 4.69) is 0 Å². The van der Waals surface area contributed by atoms with Crippen molar-refractivity contribution >= 4 is 17.8 Å². The molecule has 0 atom stereocenters. The molecule has 0 aliphatic carbocycles. The lowest BCUT2D eigenvalue weighted by molar-refractivity contribution is -0.138. The third-order valence-corrected chi connectivity index (χ3v) is 2.44. The number of rotatable bonds is 5. The van der Waals surface area contributed by atoms with Gasteiger partial charge in [0.15, 0.2) is 17.3 Å². The normalized spacial score (nSPS) is 12.9. The third-order valence-electron chi connectivity index (χ3n) is 2.44. The molecule has 1 aliphatic heterocycles. The molecular formula is C13H12O5. The Morgan fingerprint density at radius 3 is 2.78 bits per heavy atom. The minimum atomic E-state index is -0.972. The fourth-order valence-corrected chi connectivity index (χ4v) is 1.52. The highest BCUT2D eigenvalue weighted by Crippen LogP contribution is 2.32. The Hall–Kier alpha value is -2.30. The van der Waals surface area contributed by atoms with Gasteiger partial charge in [-0.2, -0.15) is 0 Å². The minimum Gasteiger partial charge on any atom is -0.481 e. The zero-order valence-electron chi connectivity index (χ0n) is 9.59. The average molecular weight is 248 g/mol. The van der Waals surface area contributed by atoms with E-state index in [0.29, 0.717) is 11.5 Å². The Labute approximate surface area is 104 Å². The molecular weight excluding hydrogens is 236 g/mol. The highest BCUT2D eigenvalue weighted by molar-refractivity contribution is 5.95. The summed E-state index contributed by atoms with van der Waals surface area (Å²) < 4.78 is 10.4. The van der Waals surface area contributed by atoms with Crippen molar-refractivity contribution in [2.75, 3.05) is 6.79 Å². The molecule has 1 aliphatic rings. The molecule has 1 N–H and O–H groups in total. The lowest BCUT2D eigenvalue weighted by Crippen LogP contribution is -1.99. The maximum atomic E-state index is 11.3. The van der Waals surface area contributed by atoms with Gasteiger partial charge in [-0.15, -0.1) is 0 Å². The number of carbonyl (C=O) groups excluding carboxylic acids is 1. The summed E-state index contributed by atoms with van der Waals surface area (Å²) in [6.07, 6.45) is 2.87. The first kappa shape index (κ1) is 12.2. The van der Waals surface area contributed by atoms with Crippen molar-refractivity contribution in [3.8, 4) is 11.5 Å². The van der Waals surface area contributed by atoms with Gasteiger partial charge in [0, 0.05) is 6.42 Å². The van der Waals surface area contributed by atoms with Crippen LogP contribution < -0.4 is 9.47 Å². The van der Waals surface area contributed by atoms with Gasteiger partial charge in [0.25, 0.3) is 0 Å². The third kappa shape index (κ3) is 3.10. The van der Waals surface area contributed by atoms with E-state index >= 15 is 0 Å². The maximum absolute atomic E-state index is 11.3. The van der Waals surface area contributed by atoms with Gasteiger partial charge >= 0.3 is 5.97 Å². The first-order chi connectivity index (χ1) is 8.65. The van der Waals surface area contributed by atoms with E-state index in [4.69, 9.17) is 14.6 Å². The zero-order chi connectivity index (χ0) is 13.0. The van der Waals surface area contributed by atoms with Gasteiger partial charge in [-0.3, -0.25) is 9.59 Å². The summed E-state index contributed by atoms with van der Waals surface area (Å²) in [5.74, 6) is 0.148. The second-order valence-electron chi connectivity index (χ2n) is 3.81. The maximum Gasteiger partial charge on any atom is 0.303 e. The standard InChI is InChI=1S/C13H12O5/c14-10(4-6-13(15)16)3-1-9-2-5-11-12(7-9)18-8-17-11/h1-3,5,7H,4,6,8H2,(H,15,16). The minimum absolute atomic E-state index is 0.0103. The Morgan fingerprint density at radius 1 is 1.22 bits per heavy atom. The number of carboxylic acid groups (broad SMARTS) is 1. The summed E-state index contributed by atoms with van der Waals surface area (Å²) in [6.45, 7) is 0.208. The van der Waals surface area contributed by atoms with Crippen LogP contribution in [0.4, 0.5) is 0 Å². The van der Waals surface area contributed by atoms with Crippen LogP contribution in [0.2, 0.25) is 0 Å². The van der Waals surface area contributed by atoms with Crippen molar-refractivity contribution in [1.82, 2.24) is 0 Å². The molecule has 0 unspecified atom stereocenters. The predicted molar refractivity (Wildman–Crippen MR) is 63.5 cm³/mol. The molecule has 94 valence electrons. The number of benzene rings is 1. The first-order valence-electron chi connectivity index (χ1n) is 5.47. The molecule has 0 aromatic heterocycles. The topological polar surface area (TPSA) is 72.8 Å². The molecule has 0 saturated carbocycles. The summed E-state index contributed by atoms with van der Waals surface area (Å²) >= 11 is 0. The fraction of sp³-hybridized carbons (Fsp3) is 0.231. The van der Waals surface area contributed by atoms with Crippen LogP contribution in [0.1, 0.15) is 18.4 Å². The Kier molecular flexibility index (Phi) is 3.62. The van der Waals surface area contributed by atoms with E-state index in [1.165, 1.54) is 6.08 Å². The van der Waals surface area contributed by atoms with Gasteiger partial charge in [-0.05, 0) is 23.8 Å². The van der Waals surface area contributed by atoms with Crippen molar-refractivity contribution in [3.63, 3.8) is 0 Å². The molecule has 0 fully saturated rings. The van der Waals surface area contributed by atoms with E-state index in [0.717, 1.165) is 5.56 Å². The number of allylic oxidation sites excluding steroid dienone is 1. The number of hydrogen-bond donors (Lipinski definition) is 1. The van der Waals surface area contributed by atoms with Crippen LogP contribution in [0, 0.1) is 0 Å².